The summed E-state index contributed by atoms with van der Waals surface area (Å²) in [4.78, 5) is 12.5. The van der Waals surface area contributed by atoms with Crippen molar-refractivity contribution in [3.63, 3.8) is 0 Å². The smallest absolute Gasteiger partial charge is 0.167 e. The van der Waals surface area contributed by atoms with Crippen LogP contribution in [0.2, 0.25) is 0 Å². The zero-order valence-corrected chi connectivity index (χ0v) is 14.3. The molecule has 0 aliphatic heterocycles. The summed E-state index contributed by atoms with van der Waals surface area (Å²) in [6, 6.07) is 5.64. The minimum absolute atomic E-state index is 0. The second-order valence-electron chi connectivity index (χ2n) is 6.03. The van der Waals surface area contributed by atoms with Crippen molar-refractivity contribution in [2.24, 2.45) is 11.7 Å². The topological polar surface area (TPSA) is 61.5 Å². The maximum absolute atomic E-state index is 12.5. The fourth-order valence-electron chi connectivity index (χ4n) is 2.84. The first-order valence-electron chi connectivity index (χ1n) is 7.13. The summed E-state index contributed by atoms with van der Waals surface area (Å²) in [7, 11) is 3.20. The molecule has 1 aromatic rings. The lowest BCUT2D eigenvalue weighted by Gasteiger charge is -2.24. The number of benzene rings is 1. The molecule has 2 rings (SSSR count). The number of methoxy groups -OCH3 is 2. The monoisotopic (exact) mass is 325 g/mol. The highest BCUT2D eigenvalue weighted by Crippen LogP contribution is 2.37. The number of allylic oxidation sites excluding steroid dienone is 1. The van der Waals surface area contributed by atoms with Crippen LogP contribution in [0.1, 0.15) is 32.3 Å². The molecule has 122 valence electrons. The Kier molecular flexibility index (Phi) is 6.03. The van der Waals surface area contributed by atoms with E-state index in [1.807, 2.05) is 38.1 Å². The summed E-state index contributed by atoms with van der Waals surface area (Å²) in [5.74, 6) is 1.34. The van der Waals surface area contributed by atoms with Crippen molar-refractivity contribution in [3.05, 3.63) is 29.3 Å². The molecule has 0 aromatic heterocycles. The summed E-state index contributed by atoms with van der Waals surface area (Å²) in [5.41, 5.74) is 7.28. The van der Waals surface area contributed by atoms with Crippen LogP contribution >= 0.6 is 12.4 Å². The highest BCUT2D eigenvalue weighted by molar-refractivity contribution is 6.04. The average molecular weight is 326 g/mol. The van der Waals surface area contributed by atoms with E-state index in [0.29, 0.717) is 11.5 Å². The second kappa shape index (κ2) is 7.16. The number of hydrogen-bond donors (Lipinski definition) is 1. The molecule has 0 amide bonds. The van der Waals surface area contributed by atoms with Crippen molar-refractivity contribution in [2.75, 3.05) is 14.2 Å². The van der Waals surface area contributed by atoms with Crippen LogP contribution in [0.25, 0.3) is 6.08 Å². The third-order valence-corrected chi connectivity index (χ3v) is 4.00. The quantitative estimate of drug-likeness (QED) is 0.863. The van der Waals surface area contributed by atoms with Crippen LogP contribution in [-0.2, 0) is 4.79 Å². The number of carbonyl (C=O) groups excluding carboxylic acids is 1. The van der Waals surface area contributed by atoms with Crippen LogP contribution in [-0.4, -0.2) is 25.5 Å². The summed E-state index contributed by atoms with van der Waals surface area (Å²) >= 11 is 0. The highest BCUT2D eigenvalue weighted by atomic mass is 35.5. The van der Waals surface area contributed by atoms with Crippen molar-refractivity contribution >= 4 is 24.3 Å². The number of nitrogens with two attached hydrogens (primary N) is 1. The van der Waals surface area contributed by atoms with Gasteiger partial charge in [-0.05, 0) is 44.4 Å². The molecular formula is C17H24ClNO3. The number of Topliss-reactive ketones (excluding diaryl/α,β-unsaturated/α-hetero) is 1. The van der Waals surface area contributed by atoms with Crippen molar-refractivity contribution < 1.29 is 14.3 Å². The Hall–Kier alpha value is -1.52. The van der Waals surface area contributed by atoms with E-state index in [1.54, 1.807) is 14.2 Å². The molecule has 1 aromatic carbocycles. The maximum atomic E-state index is 12.5. The molecule has 0 bridgehead atoms. The van der Waals surface area contributed by atoms with Crippen LogP contribution in [0.3, 0.4) is 0 Å². The fraction of sp³-hybridized carbons (Fsp3) is 0.471. The second-order valence-corrected chi connectivity index (χ2v) is 6.03. The standard InChI is InChI=1S/C17H23NO3.ClH/c1-17(2,18)13-9-8-11(15(13)19)10-12-6-5-7-14(20-3)16(12)21-4;/h5-7,10,13H,8-9,18H2,1-4H3;1H/b11-10+;. The van der Waals surface area contributed by atoms with Gasteiger partial charge in [-0.15, -0.1) is 12.4 Å². The van der Waals surface area contributed by atoms with Gasteiger partial charge in [-0.3, -0.25) is 4.79 Å². The Morgan fingerprint density at radius 3 is 2.45 bits per heavy atom. The Morgan fingerprint density at radius 2 is 1.95 bits per heavy atom. The Balaban J connectivity index is 0.00000242. The van der Waals surface area contributed by atoms with E-state index in [0.717, 1.165) is 24.0 Å². The SMILES string of the molecule is COc1cccc(/C=C2\CCC(C(C)(C)N)C2=O)c1OC.Cl. The Labute approximate surface area is 138 Å². The molecule has 4 nitrogen and oxygen atoms in total. The molecule has 0 heterocycles. The lowest BCUT2D eigenvalue weighted by molar-refractivity contribution is -0.119. The van der Waals surface area contributed by atoms with Gasteiger partial charge in [0.2, 0.25) is 0 Å². The van der Waals surface area contributed by atoms with Crippen molar-refractivity contribution in [3.8, 4) is 11.5 Å². The van der Waals surface area contributed by atoms with Gasteiger partial charge in [-0.1, -0.05) is 12.1 Å². The van der Waals surface area contributed by atoms with Crippen LogP contribution in [0.4, 0.5) is 0 Å². The first kappa shape index (κ1) is 18.5. The third kappa shape index (κ3) is 3.62. The maximum Gasteiger partial charge on any atom is 0.167 e. The molecular weight excluding hydrogens is 302 g/mol. The Bertz CT molecular complexity index is 576. The molecule has 0 spiro atoms. The number of carbonyl (C=O) groups is 1. The van der Waals surface area contributed by atoms with E-state index >= 15 is 0 Å². The molecule has 1 saturated carbocycles. The number of ketones is 1. The van der Waals surface area contributed by atoms with Gasteiger partial charge in [0.25, 0.3) is 0 Å². The van der Waals surface area contributed by atoms with Crippen LogP contribution in [0, 0.1) is 5.92 Å². The summed E-state index contributed by atoms with van der Waals surface area (Å²) < 4.78 is 10.7. The molecule has 1 atom stereocenters. The van der Waals surface area contributed by atoms with Crippen molar-refractivity contribution in [2.45, 2.75) is 32.2 Å². The van der Waals surface area contributed by atoms with E-state index < -0.39 is 5.54 Å². The van der Waals surface area contributed by atoms with Crippen molar-refractivity contribution in [1.29, 1.82) is 0 Å². The largest absolute Gasteiger partial charge is 0.493 e. The minimum Gasteiger partial charge on any atom is -0.493 e. The molecule has 1 aliphatic rings. The number of para-hydroxylation sites is 1. The van der Waals surface area contributed by atoms with Gasteiger partial charge < -0.3 is 15.2 Å². The Morgan fingerprint density at radius 1 is 1.27 bits per heavy atom. The molecule has 1 aliphatic carbocycles. The van der Waals surface area contributed by atoms with Gasteiger partial charge in [-0.25, -0.2) is 0 Å². The summed E-state index contributed by atoms with van der Waals surface area (Å²) in [6.45, 7) is 3.81. The van der Waals surface area contributed by atoms with Crippen LogP contribution in [0.15, 0.2) is 23.8 Å². The van der Waals surface area contributed by atoms with Crippen LogP contribution in [0.5, 0.6) is 11.5 Å². The first-order valence-corrected chi connectivity index (χ1v) is 7.13. The highest BCUT2D eigenvalue weighted by Gasteiger charge is 2.38. The molecule has 0 radical (unpaired) electrons. The zero-order chi connectivity index (χ0) is 15.6. The molecule has 1 unspecified atom stereocenters. The van der Waals surface area contributed by atoms with E-state index in [9.17, 15) is 4.79 Å². The predicted octanol–water partition coefficient (Wildman–Crippen LogP) is 3.23. The third-order valence-electron chi connectivity index (χ3n) is 4.00. The molecule has 2 N–H and O–H groups in total. The molecule has 1 fully saturated rings. The van der Waals surface area contributed by atoms with E-state index in [-0.39, 0.29) is 24.1 Å². The van der Waals surface area contributed by atoms with Crippen molar-refractivity contribution in [1.82, 2.24) is 0 Å². The number of hydrogen-bond acceptors (Lipinski definition) is 4. The number of rotatable bonds is 4. The summed E-state index contributed by atoms with van der Waals surface area (Å²) in [5, 5.41) is 0. The van der Waals surface area contributed by atoms with Gasteiger partial charge in [0, 0.05) is 17.0 Å². The number of halogens is 1. The van der Waals surface area contributed by atoms with Gasteiger partial charge in [0.1, 0.15) is 0 Å². The molecule has 22 heavy (non-hydrogen) atoms. The average Bonchev–Trinajstić information content (AvgIpc) is 2.79. The van der Waals surface area contributed by atoms with E-state index in [4.69, 9.17) is 15.2 Å². The molecule has 5 heteroatoms. The molecule has 0 saturated heterocycles. The predicted molar refractivity (Wildman–Crippen MR) is 90.8 cm³/mol. The van der Waals surface area contributed by atoms with E-state index in [1.165, 1.54) is 0 Å². The van der Waals surface area contributed by atoms with Crippen LogP contribution < -0.4 is 15.2 Å². The van der Waals surface area contributed by atoms with Gasteiger partial charge in [0.05, 0.1) is 14.2 Å². The van der Waals surface area contributed by atoms with Gasteiger partial charge >= 0.3 is 0 Å². The minimum atomic E-state index is -0.481. The van der Waals surface area contributed by atoms with E-state index in [2.05, 4.69) is 0 Å². The van der Waals surface area contributed by atoms with Gasteiger partial charge in [-0.2, -0.15) is 0 Å². The fourth-order valence-corrected chi connectivity index (χ4v) is 2.84. The van der Waals surface area contributed by atoms with Gasteiger partial charge in [0.15, 0.2) is 17.3 Å². The summed E-state index contributed by atoms with van der Waals surface area (Å²) in [6.07, 6.45) is 3.46. The first-order chi connectivity index (χ1) is 9.88. The normalized spacial score (nSPS) is 20.0. The lowest BCUT2D eigenvalue weighted by Crippen LogP contribution is -2.42. The zero-order valence-electron chi connectivity index (χ0n) is 13.5. The number of ether oxygens (including phenoxy) is 2. The lowest BCUT2D eigenvalue weighted by atomic mass is 9.86.